The van der Waals surface area contributed by atoms with Crippen LogP contribution >= 0.6 is 0 Å². The predicted molar refractivity (Wildman–Crippen MR) is 80.4 cm³/mol. The summed E-state index contributed by atoms with van der Waals surface area (Å²) in [7, 11) is 0. The number of imide groups is 1. The Labute approximate surface area is 128 Å². The average molecular weight is 298 g/mol. The molecule has 1 aliphatic carbocycles. The molecule has 22 heavy (non-hydrogen) atoms. The number of benzene rings is 1. The maximum absolute atomic E-state index is 12.9. The quantitative estimate of drug-likeness (QED) is 0.840. The van der Waals surface area contributed by atoms with Crippen LogP contribution in [0.4, 0.5) is 5.69 Å². The van der Waals surface area contributed by atoms with Crippen LogP contribution in [-0.2, 0) is 26.2 Å². The van der Waals surface area contributed by atoms with Gasteiger partial charge in [-0.25, -0.2) is 0 Å². The molecule has 0 radical (unpaired) electrons. The lowest BCUT2D eigenvalue weighted by molar-refractivity contribution is -0.135. The van der Waals surface area contributed by atoms with Gasteiger partial charge in [-0.1, -0.05) is 19.1 Å². The van der Waals surface area contributed by atoms with Gasteiger partial charge in [0.15, 0.2) is 0 Å². The van der Waals surface area contributed by atoms with Gasteiger partial charge in [0.05, 0.1) is 5.41 Å². The van der Waals surface area contributed by atoms with Crippen molar-refractivity contribution < 1.29 is 14.4 Å². The Morgan fingerprint density at radius 1 is 1.27 bits per heavy atom. The first-order valence-corrected chi connectivity index (χ1v) is 7.87. The Bertz CT molecular complexity index is 706. The summed E-state index contributed by atoms with van der Waals surface area (Å²) >= 11 is 0. The van der Waals surface area contributed by atoms with Gasteiger partial charge in [0.1, 0.15) is 6.04 Å². The highest BCUT2D eigenvalue weighted by Gasteiger charge is 2.61. The number of nitrogens with one attached hydrogen (secondary N) is 1. The van der Waals surface area contributed by atoms with E-state index in [1.807, 2.05) is 12.1 Å². The van der Waals surface area contributed by atoms with E-state index in [2.05, 4.69) is 18.3 Å². The molecule has 3 aliphatic rings. The van der Waals surface area contributed by atoms with Crippen molar-refractivity contribution in [2.75, 3.05) is 4.90 Å². The maximum Gasteiger partial charge on any atom is 0.249 e. The third kappa shape index (κ3) is 1.68. The zero-order chi connectivity index (χ0) is 15.5. The third-order valence-corrected chi connectivity index (χ3v) is 5.14. The van der Waals surface area contributed by atoms with Crippen molar-refractivity contribution in [1.82, 2.24) is 5.32 Å². The first kappa shape index (κ1) is 13.5. The summed E-state index contributed by atoms with van der Waals surface area (Å²) < 4.78 is 0. The molecule has 0 aromatic heterocycles. The van der Waals surface area contributed by atoms with Crippen LogP contribution in [0.3, 0.4) is 0 Å². The fourth-order valence-electron chi connectivity index (χ4n) is 3.70. The van der Waals surface area contributed by atoms with E-state index in [-0.39, 0.29) is 24.1 Å². The highest BCUT2D eigenvalue weighted by molar-refractivity contribution is 6.15. The fourth-order valence-corrected chi connectivity index (χ4v) is 3.70. The number of carbonyl (C=O) groups excluding carboxylic acids is 3. The molecule has 3 amide bonds. The molecular formula is C17H18N2O3. The molecule has 5 nitrogen and oxygen atoms in total. The standard InChI is InChI=1S/C17H18N2O3/c1-2-10-3-4-12-11(9-10)17(7-8-17)16(22)19(12)13-5-6-14(20)18-15(13)21/h3-4,9,13H,2,5-8H2,1H3,(H,18,20,21). The molecule has 1 saturated carbocycles. The van der Waals surface area contributed by atoms with E-state index in [0.717, 1.165) is 30.5 Å². The summed E-state index contributed by atoms with van der Waals surface area (Å²) in [6, 6.07) is 5.54. The van der Waals surface area contributed by atoms with E-state index < -0.39 is 11.5 Å². The second kappa shape index (κ2) is 4.41. The second-order valence-corrected chi connectivity index (χ2v) is 6.43. The van der Waals surface area contributed by atoms with Gasteiger partial charge in [-0.05, 0) is 42.9 Å². The predicted octanol–water partition coefficient (Wildman–Crippen LogP) is 1.43. The highest BCUT2D eigenvalue weighted by atomic mass is 16.2. The van der Waals surface area contributed by atoms with E-state index in [0.29, 0.717) is 6.42 Å². The largest absolute Gasteiger partial charge is 0.299 e. The number of piperidine rings is 1. The summed E-state index contributed by atoms with van der Waals surface area (Å²) in [5.41, 5.74) is 2.74. The van der Waals surface area contributed by atoms with Crippen molar-refractivity contribution in [2.24, 2.45) is 0 Å². The van der Waals surface area contributed by atoms with Gasteiger partial charge in [0.2, 0.25) is 17.7 Å². The minimum Gasteiger partial charge on any atom is -0.299 e. The number of nitrogens with zero attached hydrogens (tertiary/aromatic N) is 1. The molecule has 1 N–H and O–H groups in total. The van der Waals surface area contributed by atoms with Crippen LogP contribution in [0.15, 0.2) is 18.2 Å². The summed E-state index contributed by atoms with van der Waals surface area (Å²) in [6.07, 6.45) is 3.33. The molecule has 1 aromatic rings. The van der Waals surface area contributed by atoms with Gasteiger partial charge in [-0.3, -0.25) is 24.6 Å². The Balaban J connectivity index is 1.78. The van der Waals surface area contributed by atoms with Crippen LogP contribution in [0.5, 0.6) is 0 Å². The molecule has 5 heteroatoms. The number of hydrogen-bond acceptors (Lipinski definition) is 3. The number of fused-ring (bicyclic) bond motifs is 2. The Morgan fingerprint density at radius 3 is 2.68 bits per heavy atom. The molecule has 114 valence electrons. The first-order chi connectivity index (χ1) is 10.6. The molecule has 1 atom stereocenters. The zero-order valence-electron chi connectivity index (χ0n) is 12.5. The highest BCUT2D eigenvalue weighted by Crippen LogP contribution is 2.58. The van der Waals surface area contributed by atoms with Crippen molar-refractivity contribution in [1.29, 1.82) is 0 Å². The summed E-state index contributed by atoms with van der Waals surface area (Å²) in [5.74, 6) is -0.575. The number of anilines is 1. The van der Waals surface area contributed by atoms with Crippen LogP contribution in [0.25, 0.3) is 0 Å². The molecule has 2 fully saturated rings. The monoisotopic (exact) mass is 298 g/mol. The van der Waals surface area contributed by atoms with E-state index in [1.165, 1.54) is 5.56 Å². The first-order valence-electron chi connectivity index (χ1n) is 7.87. The Morgan fingerprint density at radius 2 is 2.05 bits per heavy atom. The van der Waals surface area contributed by atoms with E-state index >= 15 is 0 Å². The zero-order valence-corrected chi connectivity index (χ0v) is 12.5. The van der Waals surface area contributed by atoms with Gasteiger partial charge in [-0.2, -0.15) is 0 Å². The summed E-state index contributed by atoms with van der Waals surface area (Å²) in [5, 5.41) is 2.36. The van der Waals surface area contributed by atoms with E-state index in [9.17, 15) is 14.4 Å². The number of aryl methyl sites for hydroxylation is 1. The normalized spacial score (nSPS) is 25.4. The van der Waals surface area contributed by atoms with Gasteiger partial charge in [0, 0.05) is 12.1 Å². The summed E-state index contributed by atoms with van der Waals surface area (Å²) in [6.45, 7) is 2.09. The van der Waals surface area contributed by atoms with Crippen molar-refractivity contribution in [3.05, 3.63) is 29.3 Å². The van der Waals surface area contributed by atoms with Crippen LogP contribution in [-0.4, -0.2) is 23.8 Å². The minimum atomic E-state index is -0.559. The molecule has 2 aliphatic heterocycles. The van der Waals surface area contributed by atoms with Crippen molar-refractivity contribution in [3.8, 4) is 0 Å². The van der Waals surface area contributed by atoms with Crippen LogP contribution in [0.2, 0.25) is 0 Å². The Hall–Kier alpha value is -2.17. The van der Waals surface area contributed by atoms with Gasteiger partial charge in [-0.15, -0.1) is 0 Å². The minimum absolute atomic E-state index is 0.0326. The molecule has 0 bridgehead atoms. The van der Waals surface area contributed by atoms with Crippen LogP contribution in [0, 0.1) is 0 Å². The van der Waals surface area contributed by atoms with Gasteiger partial charge >= 0.3 is 0 Å². The fraction of sp³-hybridized carbons (Fsp3) is 0.471. The third-order valence-electron chi connectivity index (χ3n) is 5.14. The number of amides is 3. The van der Waals surface area contributed by atoms with Crippen LogP contribution < -0.4 is 10.2 Å². The van der Waals surface area contributed by atoms with Crippen LogP contribution in [0.1, 0.15) is 43.7 Å². The van der Waals surface area contributed by atoms with Gasteiger partial charge in [0.25, 0.3) is 0 Å². The molecule has 1 saturated heterocycles. The smallest absolute Gasteiger partial charge is 0.249 e. The molecule has 1 spiro atoms. The lowest BCUT2D eigenvalue weighted by atomic mass is 9.95. The number of carbonyl (C=O) groups is 3. The lowest BCUT2D eigenvalue weighted by Gasteiger charge is -2.30. The number of rotatable bonds is 2. The van der Waals surface area contributed by atoms with Crippen molar-refractivity contribution in [2.45, 2.75) is 50.5 Å². The van der Waals surface area contributed by atoms with E-state index in [4.69, 9.17) is 0 Å². The number of hydrogen-bond donors (Lipinski definition) is 1. The van der Waals surface area contributed by atoms with E-state index in [1.54, 1.807) is 4.90 Å². The molecular weight excluding hydrogens is 280 g/mol. The average Bonchev–Trinajstić information content (AvgIpc) is 3.27. The molecule has 1 unspecified atom stereocenters. The van der Waals surface area contributed by atoms with Crippen molar-refractivity contribution >= 4 is 23.4 Å². The topological polar surface area (TPSA) is 66.5 Å². The molecule has 1 aromatic carbocycles. The van der Waals surface area contributed by atoms with Crippen molar-refractivity contribution in [3.63, 3.8) is 0 Å². The maximum atomic E-state index is 12.9. The molecule has 4 rings (SSSR count). The van der Waals surface area contributed by atoms with Gasteiger partial charge < -0.3 is 0 Å². The summed E-state index contributed by atoms with van der Waals surface area (Å²) in [4.78, 5) is 38.1. The molecule has 2 heterocycles. The lowest BCUT2D eigenvalue weighted by Crippen LogP contribution is -2.54. The Kier molecular flexibility index (Phi) is 2.71. The second-order valence-electron chi connectivity index (χ2n) is 6.43. The SMILES string of the molecule is CCc1ccc2c(c1)C1(CC1)C(=O)N2C1CCC(=O)NC1=O.